The predicted octanol–water partition coefficient (Wildman–Crippen LogP) is 3.51. The Morgan fingerprint density at radius 2 is 1.92 bits per heavy atom. The van der Waals surface area contributed by atoms with Crippen LogP contribution in [-0.2, 0) is 15.7 Å². The third kappa shape index (κ3) is 4.38. The van der Waals surface area contributed by atoms with Crippen LogP contribution in [0.2, 0.25) is 0 Å². The van der Waals surface area contributed by atoms with E-state index < -0.39 is 17.7 Å². The highest BCUT2D eigenvalue weighted by atomic mass is 19.4. The number of rotatable bonds is 5. The summed E-state index contributed by atoms with van der Waals surface area (Å²) < 4.78 is 43.5. The van der Waals surface area contributed by atoms with Crippen molar-refractivity contribution in [3.05, 3.63) is 65.4 Å². The molecule has 0 saturated carbocycles. The summed E-state index contributed by atoms with van der Waals surface area (Å²) in [5, 5.41) is 0. The molecule has 1 heterocycles. The standard InChI is InChI=1S/C18H18F3N3O2/c1-3-26-17(25)15(8-22)16-23-9-13(10-24-16)11(2)12-5-4-6-14(7-12)18(19,20)21/h4-11H,3,22H2,1-2H3/b15-8+. The molecule has 0 aliphatic carbocycles. The number of ether oxygens (including phenoxy) is 1. The van der Waals surface area contributed by atoms with Crippen molar-refractivity contribution < 1.29 is 22.7 Å². The van der Waals surface area contributed by atoms with Gasteiger partial charge in [0.25, 0.3) is 0 Å². The van der Waals surface area contributed by atoms with Gasteiger partial charge in [-0.25, -0.2) is 14.8 Å². The summed E-state index contributed by atoms with van der Waals surface area (Å²) in [4.78, 5) is 20.0. The summed E-state index contributed by atoms with van der Waals surface area (Å²) in [5.74, 6) is -0.918. The molecule has 2 aromatic rings. The van der Waals surface area contributed by atoms with Gasteiger partial charge in [-0.05, 0) is 24.1 Å². The molecular formula is C18H18F3N3O2. The third-order valence-corrected chi connectivity index (χ3v) is 3.79. The van der Waals surface area contributed by atoms with Gasteiger partial charge in [0.2, 0.25) is 0 Å². The Hall–Kier alpha value is -2.90. The van der Waals surface area contributed by atoms with Crippen molar-refractivity contribution in [1.82, 2.24) is 9.97 Å². The molecule has 0 amide bonds. The van der Waals surface area contributed by atoms with Crippen molar-refractivity contribution in [3.8, 4) is 0 Å². The van der Waals surface area contributed by atoms with E-state index in [0.29, 0.717) is 11.1 Å². The first-order valence-electron chi connectivity index (χ1n) is 7.86. The second kappa shape index (κ2) is 7.99. The first-order chi connectivity index (χ1) is 12.3. The van der Waals surface area contributed by atoms with Crippen LogP contribution < -0.4 is 5.73 Å². The van der Waals surface area contributed by atoms with Crippen LogP contribution in [0.15, 0.2) is 42.9 Å². The second-order valence-corrected chi connectivity index (χ2v) is 5.49. The lowest BCUT2D eigenvalue weighted by atomic mass is 9.94. The lowest BCUT2D eigenvalue weighted by Gasteiger charge is -2.15. The minimum absolute atomic E-state index is 0.0186. The highest BCUT2D eigenvalue weighted by Gasteiger charge is 2.30. The Bertz CT molecular complexity index is 802. The van der Waals surface area contributed by atoms with Crippen LogP contribution in [0, 0.1) is 0 Å². The lowest BCUT2D eigenvalue weighted by Crippen LogP contribution is -2.11. The number of alkyl halides is 3. The molecule has 2 rings (SSSR count). The molecule has 26 heavy (non-hydrogen) atoms. The molecule has 0 saturated heterocycles. The molecule has 0 fully saturated rings. The number of halogens is 3. The van der Waals surface area contributed by atoms with Crippen molar-refractivity contribution >= 4 is 11.5 Å². The Kier molecular flexibility index (Phi) is 5.97. The molecule has 0 bridgehead atoms. The minimum Gasteiger partial charge on any atom is -0.462 e. The number of carbonyl (C=O) groups excluding carboxylic acids is 1. The zero-order valence-corrected chi connectivity index (χ0v) is 14.2. The molecule has 0 aliphatic heterocycles. The molecule has 0 aliphatic rings. The fraction of sp³-hybridized carbons (Fsp3) is 0.278. The number of hydrogen-bond acceptors (Lipinski definition) is 5. The van der Waals surface area contributed by atoms with Gasteiger partial charge in [-0.15, -0.1) is 0 Å². The van der Waals surface area contributed by atoms with Crippen LogP contribution in [0.3, 0.4) is 0 Å². The first kappa shape index (κ1) is 19.4. The summed E-state index contributed by atoms with van der Waals surface area (Å²) >= 11 is 0. The SMILES string of the molecule is CCOC(=O)/C(=C/N)c1ncc(C(C)c2cccc(C(F)(F)F)c2)cn1. The Morgan fingerprint density at radius 3 is 2.46 bits per heavy atom. The van der Waals surface area contributed by atoms with E-state index in [1.165, 1.54) is 18.5 Å². The number of benzene rings is 1. The zero-order valence-electron chi connectivity index (χ0n) is 14.2. The zero-order chi connectivity index (χ0) is 19.3. The van der Waals surface area contributed by atoms with Crippen molar-refractivity contribution in [2.45, 2.75) is 25.9 Å². The minimum atomic E-state index is -4.41. The third-order valence-electron chi connectivity index (χ3n) is 3.79. The van der Waals surface area contributed by atoms with E-state index in [0.717, 1.165) is 18.3 Å². The molecule has 138 valence electrons. The van der Waals surface area contributed by atoms with E-state index in [4.69, 9.17) is 10.5 Å². The highest BCUT2D eigenvalue weighted by molar-refractivity contribution is 6.15. The van der Waals surface area contributed by atoms with Gasteiger partial charge < -0.3 is 10.5 Å². The second-order valence-electron chi connectivity index (χ2n) is 5.49. The normalized spacial score (nSPS) is 13.3. The summed E-state index contributed by atoms with van der Waals surface area (Å²) in [6, 6.07) is 5.09. The summed E-state index contributed by atoms with van der Waals surface area (Å²) in [5.41, 5.74) is 5.83. The van der Waals surface area contributed by atoms with Gasteiger partial charge >= 0.3 is 12.1 Å². The molecule has 2 N–H and O–H groups in total. The number of nitrogens with two attached hydrogens (primary N) is 1. The van der Waals surface area contributed by atoms with E-state index in [2.05, 4.69) is 9.97 Å². The fourth-order valence-corrected chi connectivity index (χ4v) is 2.32. The topological polar surface area (TPSA) is 78.1 Å². The van der Waals surface area contributed by atoms with Crippen molar-refractivity contribution in [2.24, 2.45) is 5.73 Å². The molecule has 5 nitrogen and oxygen atoms in total. The van der Waals surface area contributed by atoms with E-state index >= 15 is 0 Å². The molecule has 1 aromatic carbocycles. The van der Waals surface area contributed by atoms with Crippen LogP contribution in [0.5, 0.6) is 0 Å². The summed E-state index contributed by atoms with van der Waals surface area (Å²) in [7, 11) is 0. The largest absolute Gasteiger partial charge is 0.462 e. The fourth-order valence-electron chi connectivity index (χ4n) is 2.32. The van der Waals surface area contributed by atoms with Crippen LogP contribution in [0.4, 0.5) is 13.2 Å². The van der Waals surface area contributed by atoms with Gasteiger partial charge in [0.15, 0.2) is 5.82 Å². The maximum atomic E-state index is 12.9. The van der Waals surface area contributed by atoms with Gasteiger partial charge in [-0.1, -0.05) is 25.1 Å². The molecule has 1 unspecified atom stereocenters. The number of hydrogen-bond donors (Lipinski definition) is 1. The average molecular weight is 365 g/mol. The van der Waals surface area contributed by atoms with Crippen LogP contribution >= 0.6 is 0 Å². The Balaban J connectivity index is 2.27. The van der Waals surface area contributed by atoms with Crippen LogP contribution in [-0.4, -0.2) is 22.5 Å². The smallest absolute Gasteiger partial charge is 0.416 e. The van der Waals surface area contributed by atoms with Gasteiger partial charge in [-0.2, -0.15) is 13.2 Å². The molecular weight excluding hydrogens is 347 g/mol. The highest BCUT2D eigenvalue weighted by Crippen LogP contribution is 2.32. The molecule has 0 spiro atoms. The summed E-state index contributed by atoms with van der Waals surface area (Å²) in [6.07, 6.45) is -0.439. The van der Waals surface area contributed by atoms with Gasteiger partial charge in [0.05, 0.1) is 12.2 Å². The Labute approximate surface area is 148 Å². The molecule has 1 atom stereocenters. The van der Waals surface area contributed by atoms with Crippen molar-refractivity contribution in [3.63, 3.8) is 0 Å². The molecule has 8 heteroatoms. The quantitative estimate of drug-likeness (QED) is 0.648. The maximum absolute atomic E-state index is 12.9. The number of aromatic nitrogens is 2. The first-order valence-corrected chi connectivity index (χ1v) is 7.86. The number of carbonyl (C=O) groups is 1. The van der Waals surface area contributed by atoms with Crippen molar-refractivity contribution in [2.75, 3.05) is 6.61 Å². The van der Waals surface area contributed by atoms with E-state index in [1.807, 2.05) is 0 Å². The van der Waals surface area contributed by atoms with Crippen LogP contribution in [0.1, 0.15) is 42.3 Å². The van der Waals surface area contributed by atoms with Gasteiger partial charge in [-0.3, -0.25) is 0 Å². The Morgan fingerprint density at radius 1 is 1.27 bits per heavy atom. The van der Waals surface area contributed by atoms with E-state index in [9.17, 15) is 18.0 Å². The molecule has 1 aromatic heterocycles. The lowest BCUT2D eigenvalue weighted by molar-refractivity contribution is -0.138. The predicted molar refractivity (Wildman–Crippen MR) is 89.8 cm³/mol. The summed E-state index contributed by atoms with van der Waals surface area (Å²) in [6.45, 7) is 3.59. The monoisotopic (exact) mass is 365 g/mol. The average Bonchev–Trinajstić information content (AvgIpc) is 2.62. The van der Waals surface area contributed by atoms with Gasteiger partial charge in [0, 0.05) is 24.5 Å². The maximum Gasteiger partial charge on any atom is 0.416 e. The van der Waals surface area contributed by atoms with E-state index in [-0.39, 0.29) is 23.9 Å². The van der Waals surface area contributed by atoms with E-state index in [1.54, 1.807) is 19.9 Å². The number of esters is 1. The van der Waals surface area contributed by atoms with Gasteiger partial charge in [0.1, 0.15) is 5.57 Å². The van der Waals surface area contributed by atoms with Crippen LogP contribution in [0.25, 0.3) is 5.57 Å². The molecule has 0 radical (unpaired) electrons. The van der Waals surface area contributed by atoms with Crippen molar-refractivity contribution in [1.29, 1.82) is 0 Å². The number of nitrogens with zero attached hydrogens (tertiary/aromatic N) is 2.